The lowest BCUT2D eigenvalue weighted by Gasteiger charge is -2.15. The molecule has 3 rings (SSSR count). The Hall–Kier alpha value is -1.02. The summed E-state index contributed by atoms with van der Waals surface area (Å²) in [6.45, 7) is 5.46. The second-order valence-electron chi connectivity index (χ2n) is 5.84. The van der Waals surface area contributed by atoms with E-state index in [1.54, 1.807) is 11.1 Å². The average Bonchev–Trinajstić information content (AvgIpc) is 3.03. The molecule has 0 spiro atoms. The van der Waals surface area contributed by atoms with E-state index < -0.39 is 0 Å². The molecular weight excluding hydrogens is 234 g/mol. The number of ether oxygens (including phenoxy) is 1. The molecule has 0 radical (unpaired) electrons. The highest BCUT2D eigenvalue weighted by Crippen LogP contribution is 2.42. The van der Waals surface area contributed by atoms with Crippen LogP contribution in [0.15, 0.2) is 12.1 Å². The van der Waals surface area contributed by atoms with Crippen molar-refractivity contribution in [3.05, 3.63) is 28.8 Å². The largest absolute Gasteiger partial charge is 0.493 e. The van der Waals surface area contributed by atoms with Gasteiger partial charge >= 0.3 is 0 Å². The lowest BCUT2D eigenvalue weighted by Crippen LogP contribution is -2.18. The van der Waals surface area contributed by atoms with Crippen LogP contribution in [0, 0.1) is 0 Å². The highest BCUT2D eigenvalue weighted by Gasteiger charge is 2.28. The van der Waals surface area contributed by atoms with Crippen molar-refractivity contribution in [2.45, 2.75) is 51.4 Å². The van der Waals surface area contributed by atoms with Gasteiger partial charge in [0.1, 0.15) is 5.75 Å². The Balaban J connectivity index is 1.63. The Morgan fingerprint density at radius 3 is 3.11 bits per heavy atom. The van der Waals surface area contributed by atoms with E-state index in [0.717, 1.165) is 31.2 Å². The number of hydrogen-bond acceptors (Lipinski definition) is 2. The first-order valence-electron chi connectivity index (χ1n) is 7.88. The van der Waals surface area contributed by atoms with Gasteiger partial charge in [-0.15, -0.1) is 0 Å². The molecule has 1 heterocycles. The average molecular weight is 259 g/mol. The van der Waals surface area contributed by atoms with E-state index in [4.69, 9.17) is 4.74 Å². The Bertz CT molecular complexity index is 441. The predicted molar refractivity (Wildman–Crippen MR) is 79.1 cm³/mol. The van der Waals surface area contributed by atoms with Crippen LogP contribution >= 0.6 is 0 Å². The van der Waals surface area contributed by atoms with Gasteiger partial charge < -0.3 is 10.1 Å². The summed E-state index contributed by atoms with van der Waals surface area (Å²) in [6.07, 6.45) is 7.59. The molecule has 1 aliphatic carbocycles. The van der Waals surface area contributed by atoms with Crippen LogP contribution in [0.4, 0.5) is 0 Å². The van der Waals surface area contributed by atoms with Gasteiger partial charge in [-0.3, -0.25) is 0 Å². The lowest BCUT2D eigenvalue weighted by molar-refractivity contribution is 0.357. The van der Waals surface area contributed by atoms with Gasteiger partial charge in [0, 0.05) is 12.0 Å². The van der Waals surface area contributed by atoms with Gasteiger partial charge in [0.05, 0.1) is 6.61 Å². The Morgan fingerprint density at radius 2 is 2.21 bits per heavy atom. The summed E-state index contributed by atoms with van der Waals surface area (Å²) in [4.78, 5) is 0. The first kappa shape index (κ1) is 13.0. The quantitative estimate of drug-likeness (QED) is 0.790. The number of rotatable bonds is 6. The minimum absolute atomic E-state index is 0.765. The zero-order valence-corrected chi connectivity index (χ0v) is 12.0. The maximum atomic E-state index is 5.71. The molecule has 1 aliphatic heterocycles. The smallest absolute Gasteiger partial charge is 0.122 e. The van der Waals surface area contributed by atoms with E-state index in [-0.39, 0.29) is 0 Å². The molecule has 104 valence electrons. The van der Waals surface area contributed by atoms with Crippen LogP contribution in [0.25, 0.3) is 0 Å². The van der Waals surface area contributed by atoms with Crippen LogP contribution in [0.2, 0.25) is 0 Å². The summed E-state index contributed by atoms with van der Waals surface area (Å²) < 4.78 is 5.71. The lowest BCUT2D eigenvalue weighted by atomic mass is 9.92. The minimum Gasteiger partial charge on any atom is -0.493 e. The summed E-state index contributed by atoms with van der Waals surface area (Å²) in [5, 5.41) is 3.58. The molecule has 0 bridgehead atoms. The number of aryl methyl sites for hydroxylation is 1. The third-order valence-electron chi connectivity index (χ3n) is 4.56. The number of hydrogen-bond donors (Lipinski definition) is 1. The summed E-state index contributed by atoms with van der Waals surface area (Å²) in [6, 6.07) is 4.48. The molecule has 19 heavy (non-hydrogen) atoms. The van der Waals surface area contributed by atoms with Gasteiger partial charge in [0.25, 0.3) is 0 Å². The number of unbranched alkanes of at least 4 members (excludes halogenated alkanes) is 1. The number of fused-ring (bicyclic) bond motifs is 3. The van der Waals surface area contributed by atoms with Crippen LogP contribution in [0.5, 0.6) is 5.75 Å². The SMILES string of the molecule is CCCCNCCC1CCc2ccc3c(c21)CCO3. The fourth-order valence-corrected chi connectivity index (χ4v) is 3.54. The third-order valence-corrected chi connectivity index (χ3v) is 4.56. The minimum atomic E-state index is 0.765. The van der Waals surface area contributed by atoms with Crippen molar-refractivity contribution in [1.29, 1.82) is 0 Å². The molecule has 0 fully saturated rings. The van der Waals surface area contributed by atoms with E-state index in [1.165, 1.54) is 44.2 Å². The first-order valence-corrected chi connectivity index (χ1v) is 7.88. The van der Waals surface area contributed by atoms with E-state index in [9.17, 15) is 0 Å². The highest BCUT2D eigenvalue weighted by molar-refractivity contribution is 5.51. The second kappa shape index (κ2) is 5.96. The second-order valence-corrected chi connectivity index (χ2v) is 5.84. The van der Waals surface area contributed by atoms with Crippen molar-refractivity contribution in [2.75, 3.05) is 19.7 Å². The molecule has 1 aromatic rings. The first-order chi connectivity index (χ1) is 9.40. The molecule has 0 saturated heterocycles. The highest BCUT2D eigenvalue weighted by atomic mass is 16.5. The van der Waals surface area contributed by atoms with Crippen molar-refractivity contribution in [2.24, 2.45) is 0 Å². The third kappa shape index (κ3) is 2.64. The van der Waals surface area contributed by atoms with Crippen molar-refractivity contribution in [3.8, 4) is 5.75 Å². The van der Waals surface area contributed by atoms with E-state index in [0.29, 0.717) is 0 Å². The van der Waals surface area contributed by atoms with Gasteiger partial charge in [-0.1, -0.05) is 19.4 Å². The zero-order valence-electron chi connectivity index (χ0n) is 12.0. The molecule has 2 aliphatic rings. The van der Waals surface area contributed by atoms with Crippen LogP contribution < -0.4 is 10.1 Å². The van der Waals surface area contributed by atoms with Gasteiger partial charge in [0.15, 0.2) is 0 Å². The molecule has 1 unspecified atom stereocenters. The Morgan fingerprint density at radius 1 is 1.26 bits per heavy atom. The molecule has 1 N–H and O–H groups in total. The normalized spacial score (nSPS) is 20.2. The van der Waals surface area contributed by atoms with Gasteiger partial charge in [-0.25, -0.2) is 0 Å². The number of benzene rings is 1. The fourth-order valence-electron chi connectivity index (χ4n) is 3.54. The molecule has 0 saturated carbocycles. The monoisotopic (exact) mass is 259 g/mol. The van der Waals surface area contributed by atoms with Crippen LogP contribution in [0.1, 0.15) is 55.2 Å². The van der Waals surface area contributed by atoms with Crippen molar-refractivity contribution in [3.63, 3.8) is 0 Å². The maximum Gasteiger partial charge on any atom is 0.122 e. The molecule has 0 aromatic heterocycles. The summed E-state index contributed by atoms with van der Waals surface area (Å²) in [7, 11) is 0. The molecule has 2 heteroatoms. The molecule has 1 aromatic carbocycles. The fraction of sp³-hybridized carbons (Fsp3) is 0.647. The summed E-state index contributed by atoms with van der Waals surface area (Å²) >= 11 is 0. The van der Waals surface area contributed by atoms with Crippen LogP contribution in [-0.4, -0.2) is 19.7 Å². The van der Waals surface area contributed by atoms with Gasteiger partial charge in [0.2, 0.25) is 0 Å². The molecular formula is C17H25NO. The Kier molecular flexibility index (Phi) is 4.07. The zero-order chi connectivity index (χ0) is 13.1. The van der Waals surface area contributed by atoms with E-state index in [1.807, 2.05) is 0 Å². The number of nitrogens with one attached hydrogen (secondary N) is 1. The standard InChI is InChI=1S/C17H25NO/c1-2-3-10-18-11-8-14-5-4-13-6-7-16-15(17(13)14)9-12-19-16/h6-7,14,18H,2-5,8-12H2,1H3. The van der Waals surface area contributed by atoms with Crippen molar-refractivity contribution < 1.29 is 4.74 Å². The maximum absolute atomic E-state index is 5.71. The van der Waals surface area contributed by atoms with Gasteiger partial charge in [-0.05, 0) is 61.9 Å². The summed E-state index contributed by atoms with van der Waals surface area (Å²) in [5.74, 6) is 1.92. The Labute approximate surface area is 116 Å². The summed E-state index contributed by atoms with van der Waals surface area (Å²) in [5.41, 5.74) is 4.75. The predicted octanol–water partition coefficient (Wildman–Crippen LogP) is 3.43. The van der Waals surface area contributed by atoms with Gasteiger partial charge in [-0.2, -0.15) is 0 Å². The molecule has 2 nitrogen and oxygen atoms in total. The van der Waals surface area contributed by atoms with E-state index >= 15 is 0 Å². The van der Waals surface area contributed by atoms with Crippen LogP contribution in [-0.2, 0) is 12.8 Å². The molecule has 0 amide bonds. The van der Waals surface area contributed by atoms with E-state index in [2.05, 4.69) is 24.4 Å². The van der Waals surface area contributed by atoms with Crippen molar-refractivity contribution in [1.82, 2.24) is 5.32 Å². The van der Waals surface area contributed by atoms with Crippen LogP contribution in [0.3, 0.4) is 0 Å². The molecule has 1 atom stereocenters. The topological polar surface area (TPSA) is 21.3 Å². The van der Waals surface area contributed by atoms with Crippen molar-refractivity contribution >= 4 is 0 Å².